The normalized spacial score (nSPS) is 10.3. The van der Waals surface area contributed by atoms with Crippen LogP contribution in [-0.2, 0) is 6.61 Å². The van der Waals surface area contributed by atoms with E-state index in [-0.39, 0.29) is 6.61 Å². The highest BCUT2D eigenvalue weighted by atomic mass is 16.5. The Morgan fingerprint density at radius 1 is 0.852 bits per heavy atom. The zero-order chi connectivity index (χ0) is 18.5. The molecule has 0 fully saturated rings. The van der Waals surface area contributed by atoms with E-state index in [9.17, 15) is 5.11 Å². The SMILES string of the molecule is OCc1ccc(Oc2nc3cccnc3nc2C#Cc2ccccc2)cc1. The third-order valence-corrected chi connectivity index (χ3v) is 3.83. The molecule has 0 bridgehead atoms. The summed E-state index contributed by atoms with van der Waals surface area (Å²) in [5.74, 6) is 7.02. The van der Waals surface area contributed by atoms with Gasteiger partial charge >= 0.3 is 0 Å². The summed E-state index contributed by atoms with van der Waals surface area (Å²) in [4.78, 5) is 13.3. The van der Waals surface area contributed by atoms with Crippen LogP contribution in [0.1, 0.15) is 16.8 Å². The van der Waals surface area contributed by atoms with Crippen LogP contribution in [0.2, 0.25) is 0 Å². The first-order valence-electron chi connectivity index (χ1n) is 8.39. The number of aromatic nitrogens is 3. The number of aliphatic hydroxyl groups excluding tert-OH is 1. The Bertz CT molecular complexity index is 1130. The lowest BCUT2D eigenvalue weighted by Gasteiger charge is -2.08. The first-order chi connectivity index (χ1) is 13.3. The number of rotatable bonds is 3. The first kappa shape index (κ1) is 16.7. The number of hydrogen-bond acceptors (Lipinski definition) is 5. The summed E-state index contributed by atoms with van der Waals surface area (Å²) in [5, 5.41) is 9.17. The molecule has 5 nitrogen and oxygen atoms in total. The molecule has 2 aromatic heterocycles. The summed E-state index contributed by atoms with van der Waals surface area (Å²) >= 11 is 0. The van der Waals surface area contributed by atoms with Gasteiger partial charge in [-0.1, -0.05) is 36.3 Å². The van der Waals surface area contributed by atoms with Crippen LogP contribution in [0.15, 0.2) is 72.9 Å². The highest BCUT2D eigenvalue weighted by molar-refractivity contribution is 5.71. The smallest absolute Gasteiger partial charge is 0.255 e. The number of benzene rings is 2. The number of fused-ring (bicyclic) bond motifs is 1. The molecule has 2 heterocycles. The van der Waals surface area contributed by atoms with Crippen molar-refractivity contribution >= 4 is 11.2 Å². The minimum absolute atomic E-state index is 0.0183. The fraction of sp³-hybridized carbons (Fsp3) is 0.0455. The molecule has 4 aromatic rings. The molecule has 0 saturated heterocycles. The van der Waals surface area contributed by atoms with Crippen LogP contribution in [0.4, 0.5) is 0 Å². The standard InChI is InChI=1S/C22H15N3O2/c26-15-17-8-11-18(12-9-17)27-22-20(13-10-16-5-2-1-3-6-16)24-21-19(25-22)7-4-14-23-21/h1-9,11-12,14,26H,15H2. The molecule has 2 aromatic carbocycles. The van der Waals surface area contributed by atoms with E-state index >= 15 is 0 Å². The summed E-state index contributed by atoms with van der Waals surface area (Å²) in [5.41, 5.74) is 3.23. The Morgan fingerprint density at radius 3 is 2.44 bits per heavy atom. The van der Waals surface area contributed by atoms with Crippen LogP contribution >= 0.6 is 0 Å². The van der Waals surface area contributed by atoms with Gasteiger partial charge in [0.2, 0.25) is 0 Å². The Balaban J connectivity index is 1.75. The third-order valence-electron chi connectivity index (χ3n) is 3.83. The van der Waals surface area contributed by atoms with Crippen LogP contribution in [0.5, 0.6) is 11.6 Å². The van der Waals surface area contributed by atoms with Crippen molar-refractivity contribution in [2.24, 2.45) is 0 Å². The van der Waals surface area contributed by atoms with Crippen LogP contribution in [0, 0.1) is 11.8 Å². The van der Waals surface area contributed by atoms with E-state index in [0.717, 1.165) is 11.1 Å². The molecule has 4 rings (SSSR count). The molecular weight excluding hydrogens is 338 g/mol. The second kappa shape index (κ2) is 7.65. The first-order valence-corrected chi connectivity index (χ1v) is 8.39. The largest absolute Gasteiger partial charge is 0.437 e. The van der Waals surface area contributed by atoms with Crippen LogP contribution < -0.4 is 4.74 Å². The third kappa shape index (κ3) is 3.92. The summed E-state index contributed by atoms with van der Waals surface area (Å²) in [6.07, 6.45) is 1.67. The molecule has 0 saturated carbocycles. The quantitative estimate of drug-likeness (QED) is 0.569. The van der Waals surface area contributed by atoms with Gasteiger partial charge in [-0.25, -0.2) is 15.0 Å². The molecule has 0 aliphatic rings. The van der Waals surface area contributed by atoms with Gasteiger partial charge in [-0.2, -0.15) is 0 Å². The molecule has 130 valence electrons. The molecule has 0 aliphatic heterocycles. The van der Waals surface area contributed by atoms with E-state index in [0.29, 0.717) is 28.5 Å². The van der Waals surface area contributed by atoms with Gasteiger partial charge in [0, 0.05) is 11.8 Å². The second-order valence-corrected chi connectivity index (χ2v) is 5.74. The van der Waals surface area contributed by atoms with Crippen molar-refractivity contribution in [2.45, 2.75) is 6.61 Å². The van der Waals surface area contributed by atoms with E-state index in [1.165, 1.54) is 0 Å². The van der Waals surface area contributed by atoms with E-state index in [1.807, 2.05) is 36.4 Å². The van der Waals surface area contributed by atoms with Crippen LogP contribution in [0.25, 0.3) is 11.2 Å². The van der Waals surface area contributed by atoms with Gasteiger partial charge < -0.3 is 9.84 Å². The average molecular weight is 353 g/mol. The molecule has 0 aliphatic carbocycles. The van der Waals surface area contributed by atoms with Crippen molar-refractivity contribution in [1.82, 2.24) is 15.0 Å². The maximum atomic E-state index is 9.17. The van der Waals surface area contributed by atoms with Gasteiger partial charge in [0.05, 0.1) is 6.61 Å². The van der Waals surface area contributed by atoms with Gasteiger partial charge in [0.25, 0.3) is 5.88 Å². The van der Waals surface area contributed by atoms with Crippen LogP contribution in [-0.4, -0.2) is 20.1 Å². The van der Waals surface area contributed by atoms with E-state index in [2.05, 4.69) is 26.8 Å². The van der Waals surface area contributed by atoms with Gasteiger partial charge in [-0.05, 0) is 47.9 Å². The van der Waals surface area contributed by atoms with Crippen molar-refractivity contribution in [3.8, 4) is 23.5 Å². The summed E-state index contributed by atoms with van der Waals surface area (Å²) in [7, 11) is 0. The highest BCUT2D eigenvalue weighted by Crippen LogP contribution is 2.24. The van der Waals surface area contributed by atoms with E-state index < -0.39 is 0 Å². The minimum Gasteiger partial charge on any atom is -0.437 e. The second-order valence-electron chi connectivity index (χ2n) is 5.74. The predicted molar refractivity (Wildman–Crippen MR) is 102 cm³/mol. The monoisotopic (exact) mass is 353 g/mol. The van der Waals surface area contributed by atoms with Gasteiger partial charge in [0.15, 0.2) is 11.3 Å². The Hall–Kier alpha value is -3.75. The molecule has 5 heteroatoms. The number of aliphatic hydroxyl groups is 1. The zero-order valence-corrected chi connectivity index (χ0v) is 14.3. The Labute approximate surface area is 156 Å². The number of ether oxygens (including phenoxy) is 1. The molecule has 27 heavy (non-hydrogen) atoms. The van der Waals surface area contributed by atoms with E-state index in [1.54, 1.807) is 36.5 Å². The Kier molecular flexibility index (Phi) is 4.73. The van der Waals surface area contributed by atoms with Crippen LogP contribution in [0.3, 0.4) is 0 Å². The lowest BCUT2D eigenvalue weighted by molar-refractivity contribution is 0.281. The average Bonchev–Trinajstić information content (AvgIpc) is 2.73. The highest BCUT2D eigenvalue weighted by Gasteiger charge is 2.10. The fourth-order valence-electron chi connectivity index (χ4n) is 2.46. The molecule has 0 atom stereocenters. The van der Waals surface area contributed by atoms with Gasteiger partial charge in [0.1, 0.15) is 11.3 Å². The number of pyridine rings is 1. The van der Waals surface area contributed by atoms with Crippen molar-refractivity contribution in [1.29, 1.82) is 0 Å². The molecular formula is C22H15N3O2. The minimum atomic E-state index is -0.0183. The summed E-state index contributed by atoms with van der Waals surface area (Å²) in [6, 6.07) is 20.4. The number of hydrogen-bond donors (Lipinski definition) is 1. The van der Waals surface area contributed by atoms with Gasteiger partial charge in [-0.3, -0.25) is 0 Å². The lowest BCUT2D eigenvalue weighted by atomic mass is 10.2. The molecule has 0 unspecified atom stereocenters. The molecule has 1 N–H and O–H groups in total. The van der Waals surface area contributed by atoms with E-state index in [4.69, 9.17) is 4.74 Å². The fourth-order valence-corrected chi connectivity index (χ4v) is 2.46. The lowest BCUT2D eigenvalue weighted by Crippen LogP contribution is -1.98. The number of nitrogens with zero attached hydrogens (tertiary/aromatic N) is 3. The maximum Gasteiger partial charge on any atom is 0.255 e. The van der Waals surface area contributed by atoms with Crippen molar-refractivity contribution in [2.75, 3.05) is 0 Å². The molecule has 0 amide bonds. The van der Waals surface area contributed by atoms with Crippen molar-refractivity contribution in [3.63, 3.8) is 0 Å². The maximum absolute atomic E-state index is 9.17. The van der Waals surface area contributed by atoms with Crippen molar-refractivity contribution < 1.29 is 9.84 Å². The zero-order valence-electron chi connectivity index (χ0n) is 14.3. The topological polar surface area (TPSA) is 68.1 Å². The summed E-state index contributed by atoms with van der Waals surface area (Å²) < 4.78 is 5.92. The molecule has 0 radical (unpaired) electrons. The summed E-state index contributed by atoms with van der Waals surface area (Å²) in [6.45, 7) is -0.0183. The predicted octanol–water partition coefficient (Wildman–Crippen LogP) is 3.71. The molecule has 0 spiro atoms. The van der Waals surface area contributed by atoms with Crippen molar-refractivity contribution in [3.05, 3.63) is 89.7 Å². The van der Waals surface area contributed by atoms with Gasteiger partial charge in [-0.15, -0.1) is 0 Å². The Morgan fingerprint density at radius 2 is 1.67 bits per heavy atom.